The van der Waals surface area contributed by atoms with E-state index < -0.39 is 5.41 Å². The summed E-state index contributed by atoms with van der Waals surface area (Å²) in [6.07, 6.45) is 1.86. The Morgan fingerprint density at radius 3 is 1.98 bits per heavy atom. The van der Waals surface area contributed by atoms with Crippen molar-refractivity contribution in [3.63, 3.8) is 0 Å². The Hall–Kier alpha value is -5.60. The minimum atomic E-state index is -0.447. The number of fused-ring (bicyclic) bond motifs is 7. The molecule has 1 aliphatic rings. The molecule has 0 bridgehead atoms. The van der Waals surface area contributed by atoms with Gasteiger partial charge in [0.25, 0.3) is 0 Å². The SMILES string of the molecule is c1ccc(C2(c3ccccc3)c3ccccc3-c3ccc(-c4c5ccccc5nc5c4ccc4cccnc45)cc32)cc1. The fraction of sp³-hybridized carbons (Fsp3) is 0.0244. The second-order valence-corrected chi connectivity index (χ2v) is 11.3. The number of para-hydroxylation sites is 1. The summed E-state index contributed by atoms with van der Waals surface area (Å²) in [5.41, 5.74) is 12.5. The zero-order valence-electron chi connectivity index (χ0n) is 23.4. The van der Waals surface area contributed by atoms with Gasteiger partial charge < -0.3 is 0 Å². The first-order valence-electron chi connectivity index (χ1n) is 14.8. The highest BCUT2D eigenvalue weighted by molar-refractivity contribution is 6.16. The maximum absolute atomic E-state index is 5.16. The van der Waals surface area contributed by atoms with Crippen molar-refractivity contribution < 1.29 is 0 Å². The van der Waals surface area contributed by atoms with Gasteiger partial charge in [-0.3, -0.25) is 4.98 Å². The van der Waals surface area contributed by atoms with Crippen molar-refractivity contribution in [2.75, 3.05) is 0 Å². The second-order valence-electron chi connectivity index (χ2n) is 11.3. The van der Waals surface area contributed by atoms with Crippen molar-refractivity contribution in [2.24, 2.45) is 0 Å². The van der Waals surface area contributed by atoms with Crippen LogP contribution in [0.3, 0.4) is 0 Å². The van der Waals surface area contributed by atoms with Gasteiger partial charge in [-0.15, -0.1) is 0 Å². The molecular weight excluding hydrogens is 520 g/mol. The lowest BCUT2D eigenvalue weighted by Crippen LogP contribution is -2.28. The third-order valence-electron chi connectivity index (χ3n) is 9.17. The molecule has 2 nitrogen and oxygen atoms in total. The molecular formula is C41H26N2. The first-order valence-corrected chi connectivity index (χ1v) is 14.8. The molecule has 0 spiro atoms. The van der Waals surface area contributed by atoms with Crippen LogP contribution in [0.25, 0.3) is 55.0 Å². The Morgan fingerprint density at radius 1 is 0.465 bits per heavy atom. The molecule has 0 saturated carbocycles. The van der Waals surface area contributed by atoms with Crippen LogP contribution in [-0.4, -0.2) is 9.97 Å². The zero-order valence-corrected chi connectivity index (χ0v) is 23.4. The molecule has 200 valence electrons. The lowest BCUT2D eigenvalue weighted by atomic mass is 9.67. The summed E-state index contributed by atoms with van der Waals surface area (Å²) in [7, 11) is 0. The maximum atomic E-state index is 5.16. The van der Waals surface area contributed by atoms with Crippen LogP contribution < -0.4 is 0 Å². The van der Waals surface area contributed by atoms with Crippen molar-refractivity contribution in [1.29, 1.82) is 0 Å². The first kappa shape index (κ1) is 24.0. The number of hydrogen-bond donors (Lipinski definition) is 0. The van der Waals surface area contributed by atoms with E-state index in [9.17, 15) is 0 Å². The van der Waals surface area contributed by atoms with Gasteiger partial charge in [0.05, 0.1) is 22.0 Å². The van der Waals surface area contributed by atoms with E-state index in [-0.39, 0.29) is 0 Å². The predicted molar refractivity (Wildman–Crippen MR) is 177 cm³/mol. The molecule has 8 aromatic rings. The second kappa shape index (κ2) is 9.20. The van der Waals surface area contributed by atoms with Crippen molar-refractivity contribution in [3.05, 3.63) is 180 Å². The van der Waals surface area contributed by atoms with Crippen molar-refractivity contribution in [3.8, 4) is 22.3 Å². The predicted octanol–water partition coefficient (Wildman–Crippen LogP) is 9.97. The number of benzene rings is 6. The molecule has 0 N–H and O–H groups in total. The smallest absolute Gasteiger partial charge is 0.0978 e. The molecule has 6 aromatic carbocycles. The van der Waals surface area contributed by atoms with Crippen LogP contribution in [0.15, 0.2) is 158 Å². The van der Waals surface area contributed by atoms with Crippen LogP contribution in [0.5, 0.6) is 0 Å². The monoisotopic (exact) mass is 546 g/mol. The normalized spacial score (nSPS) is 13.3. The van der Waals surface area contributed by atoms with Gasteiger partial charge in [0.1, 0.15) is 0 Å². The van der Waals surface area contributed by atoms with Crippen LogP contribution in [0.2, 0.25) is 0 Å². The molecule has 0 aliphatic heterocycles. The summed E-state index contributed by atoms with van der Waals surface area (Å²) in [5, 5.41) is 3.36. The van der Waals surface area contributed by atoms with Crippen LogP contribution in [0.4, 0.5) is 0 Å². The lowest BCUT2D eigenvalue weighted by molar-refractivity contribution is 0.769. The molecule has 0 saturated heterocycles. The number of rotatable bonds is 3. The van der Waals surface area contributed by atoms with E-state index in [1.165, 1.54) is 44.5 Å². The molecule has 0 unspecified atom stereocenters. The number of nitrogens with zero attached hydrogens (tertiary/aromatic N) is 2. The fourth-order valence-corrected chi connectivity index (χ4v) is 7.40. The van der Waals surface area contributed by atoms with Gasteiger partial charge in [-0.25, -0.2) is 4.98 Å². The molecule has 0 fully saturated rings. The van der Waals surface area contributed by atoms with Gasteiger partial charge in [0.15, 0.2) is 0 Å². The number of hydrogen-bond acceptors (Lipinski definition) is 2. The molecule has 0 amide bonds. The average molecular weight is 547 g/mol. The van der Waals surface area contributed by atoms with Crippen molar-refractivity contribution >= 4 is 32.7 Å². The van der Waals surface area contributed by atoms with Crippen molar-refractivity contribution in [2.45, 2.75) is 5.41 Å². The van der Waals surface area contributed by atoms with Gasteiger partial charge in [-0.05, 0) is 57.1 Å². The Balaban J connectivity index is 1.42. The molecule has 2 aromatic heterocycles. The van der Waals surface area contributed by atoms with Gasteiger partial charge in [0, 0.05) is 27.9 Å². The first-order chi connectivity index (χ1) is 21.3. The molecule has 2 heterocycles. The third-order valence-corrected chi connectivity index (χ3v) is 9.17. The molecule has 9 rings (SSSR count). The minimum Gasteiger partial charge on any atom is -0.254 e. The van der Waals surface area contributed by atoms with Crippen LogP contribution in [-0.2, 0) is 5.41 Å². The van der Waals surface area contributed by atoms with Gasteiger partial charge >= 0.3 is 0 Å². The summed E-state index contributed by atoms with van der Waals surface area (Å²) in [6.45, 7) is 0. The Labute approximate surface area is 250 Å². The standard InChI is InChI=1S/C41H26N2/c1-3-13-29(14-4-1)41(30-15-5-2-6-16-30)35-19-9-7-17-31(35)32-23-22-28(26-36(32)41)38-33-18-8-10-20-37(33)43-40-34(38)24-21-27-12-11-25-42-39(27)40/h1-26H. The quantitative estimate of drug-likeness (QED) is 0.163. The highest BCUT2D eigenvalue weighted by Crippen LogP contribution is 2.57. The topological polar surface area (TPSA) is 25.8 Å². The van der Waals surface area contributed by atoms with E-state index in [1.807, 2.05) is 12.3 Å². The van der Waals surface area contributed by atoms with Crippen LogP contribution in [0, 0.1) is 0 Å². The van der Waals surface area contributed by atoms with E-state index >= 15 is 0 Å². The fourth-order valence-electron chi connectivity index (χ4n) is 7.40. The van der Waals surface area contributed by atoms with Crippen LogP contribution >= 0.6 is 0 Å². The molecule has 0 atom stereocenters. The van der Waals surface area contributed by atoms with E-state index in [0.717, 1.165) is 32.7 Å². The van der Waals surface area contributed by atoms with E-state index in [0.29, 0.717) is 0 Å². The third kappa shape index (κ3) is 3.35. The summed E-state index contributed by atoms with van der Waals surface area (Å²) < 4.78 is 0. The summed E-state index contributed by atoms with van der Waals surface area (Å²) >= 11 is 0. The highest BCUT2D eigenvalue weighted by atomic mass is 14.7. The zero-order chi connectivity index (χ0) is 28.4. The summed E-state index contributed by atoms with van der Waals surface area (Å²) in [4.78, 5) is 9.93. The van der Waals surface area contributed by atoms with E-state index in [4.69, 9.17) is 9.97 Å². The average Bonchev–Trinajstić information content (AvgIpc) is 3.38. The van der Waals surface area contributed by atoms with Gasteiger partial charge in [-0.1, -0.05) is 133 Å². The molecule has 0 radical (unpaired) electrons. The van der Waals surface area contributed by atoms with Gasteiger partial charge in [-0.2, -0.15) is 0 Å². The van der Waals surface area contributed by atoms with Crippen LogP contribution in [0.1, 0.15) is 22.3 Å². The molecule has 1 aliphatic carbocycles. The number of pyridine rings is 2. The van der Waals surface area contributed by atoms with E-state index in [2.05, 4.69) is 146 Å². The lowest BCUT2D eigenvalue weighted by Gasteiger charge is -2.34. The Morgan fingerprint density at radius 2 is 1.16 bits per heavy atom. The summed E-state index contributed by atoms with van der Waals surface area (Å²) in [5.74, 6) is 0. The molecule has 2 heteroatoms. The largest absolute Gasteiger partial charge is 0.254 e. The van der Waals surface area contributed by atoms with Crippen molar-refractivity contribution in [1.82, 2.24) is 9.97 Å². The maximum Gasteiger partial charge on any atom is 0.0978 e. The Kier molecular flexibility index (Phi) is 5.15. The Bertz CT molecular complexity index is 2300. The summed E-state index contributed by atoms with van der Waals surface area (Å²) in [6, 6.07) is 54.9. The highest BCUT2D eigenvalue weighted by Gasteiger charge is 2.46. The van der Waals surface area contributed by atoms with Gasteiger partial charge in [0.2, 0.25) is 0 Å². The van der Waals surface area contributed by atoms with E-state index in [1.54, 1.807) is 0 Å². The number of aromatic nitrogens is 2. The molecule has 43 heavy (non-hydrogen) atoms. The minimum absolute atomic E-state index is 0.447.